The number of aromatic nitrogens is 2. The smallest absolute Gasteiger partial charge is 0.139 e. The van der Waals surface area contributed by atoms with Crippen molar-refractivity contribution in [3.05, 3.63) is 65.9 Å². The molecule has 112 valence electrons. The van der Waals surface area contributed by atoms with E-state index in [1.807, 2.05) is 36.4 Å². The molecule has 0 radical (unpaired) electrons. The highest BCUT2D eigenvalue weighted by molar-refractivity contribution is 6.30. The fraction of sp³-hybridized carbons (Fsp3) is 0. The summed E-state index contributed by atoms with van der Waals surface area (Å²) in [7, 11) is 0. The van der Waals surface area contributed by atoms with Gasteiger partial charge in [-0.1, -0.05) is 41.9 Å². The van der Waals surface area contributed by atoms with Crippen LogP contribution in [-0.4, -0.2) is 15.1 Å². The molecule has 0 fully saturated rings. The quantitative estimate of drug-likeness (QED) is 0.684. The third-order valence-corrected chi connectivity index (χ3v) is 3.19. The van der Waals surface area contributed by atoms with Gasteiger partial charge in [-0.05, 0) is 18.2 Å². The summed E-state index contributed by atoms with van der Waals surface area (Å²) in [4.78, 5) is 8.41. The van der Waals surface area contributed by atoms with Crippen molar-refractivity contribution < 1.29 is 5.11 Å². The molecule has 3 aromatic rings. The Labute approximate surface area is 139 Å². The van der Waals surface area contributed by atoms with Crippen molar-refractivity contribution in [2.45, 2.75) is 0 Å². The van der Waals surface area contributed by atoms with E-state index in [9.17, 15) is 5.11 Å². The van der Waals surface area contributed by atoms with Crippen LogP contribution in [0.15, 0.2) is 60.9 Å². The van der Waals surface area contributed by atoms with E-state index in [0.29, 0.717) is 16.5 Å². The Balaban J connectivity index is 0.00000176. The first kappa shape index (κ1) is 16.1. The van der Waals surface area contributed by atoms with Crippen molar-refractivity contribution in [2.75, 3.05) is 5.32 Å². The third-order valence-electron chi connectivity index (χ3n) is 2.96. The van der Waals surface area contributed by atoms with E-state index in [1.165, 1.54) is 12.4 Å². The number of anilines is 2. The Bertz CT molecular complexity index is 766. The third kappa shape index (κ3) is 3.67. The lowest BCUT2D eigenvalue weighted by atomic mass is 10.1. The molecule has 1 heterocycles. The van der Waals surface area contributed by atoms with Gasteiger partial charge < -0.3 is 10.4 Å². The second-order valence-electron chi connectivity index (χ2n) is 4.44. The molecule has 0 saturated carbocycles. The zero-order chi connectivity index (χ0) is 14.7. The van der Waals surface area contributed by atoms with Crippen LogP contribution in [0.5, 0.6) is 5.75 Å². The van der Waals surface area contributed by atoms with E-state index in [1.54, 1.807) is 12.1 Å². The van der Waals surface area contributed by atoms with E-state index < -0.39 is 0 Å². The molecule has 0 atom stereocenters. The van der Waals surface area contributed by atoms with Gasteiger partial charge in [-0.15, -0.1) is 12.4 Å². The number of rotatable bonds is 3. The van der Waals surface area contributed by atoms with Crippen molar-refractivity contribution in [1.29, 1.82) is 0 Å². The second-order valence-corrected chi connectivity index (χ2v) is 4.88. The Morgan fingerprint density at radius 2 is 1.73 bits per heavy atom. The van der Waals surface area contributed by atoms with Gasteiger partial charge in [-0.3, -0.25) is 0 Å². The molecule has 0 unspecified atom stereocenters. The molecule has 1 aromatic heterocycles. The maximum absolute atomic E-state index is 9.82. The largest absolute Gasteiger partial charge is 0.506 e. The topological polar surface area (TPSA) is 58.0 Å². The summed E-state index contributed by atoms with van der Waals surface area (Å²) in [5.41, 5.74) is 2.30. The summed E-state index contributed by atoms with van der Waals surface area (Å²) in [6.07, 6.45) is 1.48. The van der Waals surface area contributed by atoms with Gasteiger partial charge in [-0.2, -0.15) is 0 Å². The van der Waals surface area contributed by atoms with Gasteiger partial charge in [0.2, 0.25) is 0 Å². The predicted molar refractivity (Wildman–Crippen MR) is 91.1 cm³/mol. The number of phenolic OH excluding ortho intramolecular Hbond substituents is 1. The maximum atomic E-state index is 9.82. The fourth-order valence-corrected chi connectivity index (χ4v) is 2.11. The Kier molecular flexibility index (Phi) is 5.20. The van der Waals surface area contributed by atoms with Gasteiger partial charge in [0.1, 0.15) is 17.9 Å². The molecule has 3 rings (SSSR count). The van der Waals surface area contributed by atoms with E-state index in [4.69, 9.17) is 11.6 Å². The molecule has 4 nitrogen and oxygen atoms in total. The molecular formula is C16H13Cl2N3O. The lowest BCUT2D eigenvalue weighted by Crippen LogP contribution is -1.96. The summed E-state index contributed by atoms with van der Waals surface area (Å²) < 4.78 is 0. The number of halogens is 2. The molecule has 2 aromatic carbocycles. The van der Waals surface area contributed by atoms with Crippen molar-refractivity contribution >= 4 is 35.5 Å². The monoisotopic (exact) mass is 333 g/mol. The zero-order valence-corrected chi connectivity index (χ0v) is 13.0. The van der Waals surface area contributed by atoms with E-state index in [-0.39, 0.29) is 18.2 Å². The van der Waals surface area contributed by atoms with Crippen molar-refractivity contribution in [3.8, 4) is 17.0 Å². The number of benzene rings is 2. The molecule has 0 aliphatic carbocycles. The van der Waals surface area contributed by atoms with Crippen LogP contribution in [0.3, 0.4) is 0 Å². The highest BCUT2D eigenvalue weighted by Crippen LogP contribution is 2.29. The highest BCUT2D eigenvalue weighted by Gasteiger charge is 2.05. The number of aromatic hydroxyl groups is 1. The first-order chi connectivity index (χ1) is 10.2. The van der Waals surface area contributed by atoms with Crippen LogP contribution in [0.2, 0.25) is 5.02 Å². The normalized spacial score (nSPS) is 9.86. The second kappa shape index (κ2) is 7.11. The summed E-state index contributed by atoms with van der Waals surface area (Å²) in [5, 5.41) is 13.4. The van der Waals surface area contributed by atoms with Crippen LogP contribution >= 0.6 is 24.0 Å². The highest BCUT2D eigenvalue weighted by atomic mass is 35.5. The SMILES string of the molecule is Cl.Oc1ccc(Cl)cc1Nc1cc(-c2ccccc2)ncn1. The number of nitrogens with zero attached hydrogens (tertiary/aromatic N) is 2. The van der Waals surface area contributed by atoms with Crippen molar-refractivity contribution in [2.24, 2.45) is 0 Å². The first-order valence-corrected chi connectivity index (χ1v) is 6.73. The number of nitrogens with one attached hydrogen (secondary N) is 1. The maximum Gasteiger partial charge on any atom is 0.139 e. The molecule has 2 N–H and O–H groups in total. The Morgan fingerprint density at radius 1 is 0.955 bits per heavy atom. The van der Waals surface area contributed by atoms with Gasteiger partial charge >= 0.3 is 0 Å². The standard InChI is InChI=1S/C16H12ClN3O.ClH/c17-12-6-7-15(21)14(8-12)20-16-9-13(18-10-19-16)11-4-2-1-3-5-11;/h1-10,21H,(H,18,19,20);1H. The minimum absolute atomic E-state index is 0. The lowest BCUT2D eigenvalue weighted by Gasteiger charge is -2.09. The van der Waals surface area contributed by atoms with E-state index in [0.717, 1.165) is 11.3 Å². The minimum Gasteiger partial charge on any atom is -0.506 e. The van der Waals surface area contributed by atoms with Crippen molar-refractivity contribution in [1.82, 2.24) is 9.97 Å². The fourth-order valence-electron chi connectivity index (χ4n) is 1.94. The summed E-state index contributed by atoms with van der Waals surface area (Å²) in [6.45, 7) is 0. The molecule has 6 heteroatoms. The number of hydrogen-bond donors (Lipinski definition) is 2. The molecule has 0 aliphatic heterocycles. The molecule has 0 saturated heterocycles. The van der Waals surface area contributed by atoms with Gasteiger partial charge in [0.15, 0.2) is 0 Å². The number of phenols is 1. The first-order valence-electron chi connectivity index (χ1n) is 6.35. The van der Waals surface area contributed by atoms with Crippen LogP contribution in [0.4, 0.5) is 11.5 Å². The van der Waals surface area contributed by atoms with Crippen LogP contribution in [-0.2, 0) is 0 Å². The Hall–Kier alpha value is -2.30. The van der Waals surface area contributed by atoms with Gasteiger partial charge in [0.25, 0.3) is 0 Å². The van der Waals surface area contributed by atoms with Gasteiger partial charge in [0.05, 0.1) is 11.4 Å². The zero-order valence-electron chi connectivity index (χ0n) is 11.4. The predicted octanol–water partition coefficient (Wildman–Crippen LogP) is 4.67. The summed E-state index contributed by atoms with van der Waals surface area (Å²) in [6, 6.07) is 16.4. The van der Waals surface area contributed by atoms with E-state index >= 15 is 0 Å². The number of hydrogen-bond acceptors (Lipinski definition) is 4. The van der Waals surface area contributed by atoms with Crippen LogP contribution in [0.25, 0.3) is 11.3 Å². The summed E-state index contributed by atoms with van der Waals surface area (Å²) >= 11 is 5.93. The molecule has 0 spiro atoms. The van der Waals surface area contributed by atoms with Crippen LogP contribution in [0.1, 0.15) is 0 Å². The van der Waals surface area contributed by atoms with Gasteiger partial charge in [0, 0.05) is 16.7 Å². The molecule has 22 heavy (non-hydrogen) atoms. The van der Waals surface area contributed by atoms with Gasteiger partial charge in [-0.25, -0.2) is 9.97 Å². The summed E-state index contributed by atoms with van der Waals surface area (Å²) in [5.74, 6) is 0.695. The van der Waals surface area contributed by atoms with Crippen LogP contribution in [0, 0.1) is 0 Å². The molecule has 0 aliphatic rings. The molecule has 0 amide bonds. The Morgan fingerprint density at radius 3 is 2.50 bits per heavy atom. The molecule has 0 bridgehead atoms. The van der Waals surface area contributed by atoms with Crippen LogP contribution < -0.4 is 5.32 Å². The minimum atomic E-state index is 0. The average molecular weight is 334 g/mol. The van der Waals surface area contributed by atoms with E-state index in [2.05, 4.69) is 15.3 Å². The molecular weight excluding hydrogens is 321 g/mol. The average Bonchev–Trinajstić information content (AvgIpc) is 2.52. The lowest BCUT2D eigenvalue weighted by molar-refractivity contribution is 0.477. The van der Waals surface area contributed by atoms with Crippen molar-refractivity contribution in [3.63, 3.8) is 0 Å².